The monoisotopic (exact) mass is 431 g/mol. The van der Waals surface area contributed by atoms with Crippen LogP contribution in [-0.4, -0.2) is 67.0 Å². The Labute approximate surface area is 179 Å². The van der Waals surface area contributed by atoms with Crippen molar-refractivity contribution in [3.63, 3.8) is 0 Å². The van der Waals surface area contributed by atoms with Crippen molar-refractivity contribution >= 4 is 23.6 Å². The number of aliphatic hydroxyl groups excluding tert-OH is 1. The Balaban J connectivity index is 1.82. The van der Waals surface area contributed by atoms with Crippen LogP contribution in [0.3, 0.4) is 0 Å². The highest BCUT2D eigenvalue weighted by atomic mass is 19.1. The molecule has 31 heavy (non-hydrogen) atoms. The van der Waals surface area contributed by atoms with Gasteiger partial charge in [-0.25, -0.2) is 19.6 Å². The third kappa shape index (κ3) is 4.37. The molecule has 1 aromatic carbocycles. The Hall–Kier alpha value is -3.44. The molecule has 1 aliphatic heterocycles. The zero-order valence-electron chi connectivity index (χ0n) is 17.8. The largest absolute Gasteiger partial charge is 0.438 e. The second-order valence-electron chi connectivity index (χ2n) is 7.40. The summed E-state index contributed by atoms with van der Waals surface area (Å²) in [5.41, 5.74) is 3.15. The number of ether oxygens (including phenoxy) is 1. The zero-order valence-corrected chi connectivity index (χ0v) is 17.8. The normalized spacial score (nSPS) is 18.8. The molecule has 1 atom stereocenters. The number of carbonyl (C=O) groups excluding carboxylic acids is 1. The van der Waals surface area contributed by atoms with Crippen molar-refractivity contribution in [1.82, 2.24) is 15.4 Å². The number of pyridine rings is 1. The van der Waals surface area contributed by atoms with Crippen LogP contribution in [0.1, 0.15) is 6.92 Å². The van der Waals surface area contributed by atoms with Crippen molar-refractivity contribution in [1.29, 1.82) is 0 Å². The molecular weight excluding hydrogens is 405 g/mol. The molecule has 1 fully saturated rings. The van der Waals surface area contributed by atoms with Crippen molar-refractivity contribution in [2.45, 2.75) is 12.5 Å². The van der Waals surface area contributed by atoms with Crippen molar-refractivity contribution in [3.8, 4) is 11.1 Å². The third-order valence-electron chi connectivity index (χ3n) is 5.10. The van der Waals surface area contributed by atoms with Gasteiger partial charge in [-0.05, 0) is 37.3 Å². The lowest BCUT2D eigenvalue weighted by Gasteiger charge is -2.26. The summed E-state index contributed by atoms with van der Waals surface area (Å²) in [5, 5.41) is 14.8. The molecule has 1 unspecified atom stereocenters. The lowest BCUT2D eigenvalue weighted by atomic mass is 10.1. The van der Waals surface area contributed by atoms with Gasteiger partial charge in [-0.3, -0.25) is 14.8 Å². The van der Waals surface area contributed by atoms with E-state index in [4.69, 9.17) is 10.6 Å². The fraction of sp³-hybridized carbons (Fsp3) is 0.350. The number of carbonyl (C=O) groups is 1. The highest BCUT2D eigenvalue weighted by molar-refractivity contribution is 5.94. The molecule has 1 aliphatic rings. The molecule has 0 aliphatic carbocycles. The predicted octanol–water partition coefficient (Wildman–Crippen LogP) is 1.33. The summed E-state index contributed by atoms with van der Waals surface area (Å²) in [4.78, 5) is 19.4. The molecule has 2 aromatic rings. The number of aromatic nitrogens is 1. The van der Waals surface area contributed by atoms with Crippen LogP contribution in [0.2, 0.25) is 0 Å². The standard InChI is InChI=1S/C20H26FN7O3/c1-20(12-29)11-28(19(30)31-20)14-6-7-15(16(21)9-14)13-5-8-17(24-10-13)26(3)18(25-22)27(4)23-2/h5-10,23,29H,11-12,22H2,1-4H3/b25-18-. The van der Waals surface area contributed by atoms with Gasteiger partial charge in [0.15, 0.2) is 5.60 Å². The molecule has 166 valence electrons. The number of hydrazone groups is 1. The Morgan fingerprint density at radius 2 is 2.16 bits per heavy atom. The quantitative estimate of drug-likeness (QED) is 0.281. The molecule has 11 heteroatoms. The number of hydrogen-bond acceptors (Lipinski definition) is 7. The minimum atomic E-state index is -1.01. The molecule has 0 radical (unpaired) electrons. The topological polar surface area (TPSA) is 120 Å². The van der Waals surface area contributed by atoms with E-state index >= 15 is 0 Å². The molecule has 1 amide bonds. The number of cyclic esters (lactones) is 1. The van der Waals surface area contributed by atoms with Gasteiger partial charge in [0.05, 0.1) is 18.8 Å². The van der Waals surface area contributed by atoms with E-state index in [1.165, 1.54) is 11.0 Å². The summed E-state index contributed by atoms with van der Waals surface area (Å²) in [6.07, 6.45) is 0.923. The van der Waals surface area contributed by atoms with E-state index in [1.54, 1.807) is 68.4 Å². The van der Waals surface area contributed by atoms with Gasteiger partial charge in [-0.15, -0.1) is 5.10 Å². The average molecular weight is 431 g/mol. The summed E-state index contributed by atoms with van der Waals surface area (Å²) in [5.74, 6) is 5.96. The van der Waals surface area contributed by atoms with Gasteiger partial charge in [0.1, 0.15) is 11.6 Å². The van der Waals surface area contributed by atoms with Gasteiger partial charge < -0.3 is 15.7 Å². The summed E-state index contributed by atoms with van der Waals surface area (Å²) < 4.78 is 20.0. The number of nitrogens with zero attached hydrogens (tertiary/aromatic N) is 5. The first-order chi connectivity index (χ1) is 14.7. The van der Waals surface area contributed by atoms with Crippen LogP contribution >= 0.6 is 0 Å². The number of anilines is 2. The lowest BCUT2D eigenvalue weighted by Crippen LogP contribution is -2.47. The minimum absolute atomic E-state index is 0.135. The maximum Gasteiger partial charge on any atom is 0.415 e. The smallest absolute Gasteiger partial charge is 0.415 e. The van der Waals surface area contributed by atoms with E-state index in [2.05, 4.69) is 15.5 Å². The first-order valence-corrected chi connectivity index (χ1v) is 9.53. The average Bonchev–Trinajstić information content (AvgIpc) is 3.09. The number of aliphatic hydroxyl groups is 1. The van der Waals surface area contributed by atoms with Crippen LogP contribution in [0.15, 0.2) is 41.6 Å². The molecule has 0 saturated carbocycles. The molecule has 1 saturated heterocycles. The second kappa shape index (κ2) is 8.74. The first kappa shape index (κ1) is 22.2. The molecule has 0 spiro atoms. The lowest BCUT2D eigenvalue weighted by molar-refractivity contribution is 0.0219. The van der Waals surface area contributed by atoms with Crippen LogP contribution in [0.25, 0.3) is 11.1 Å². The van der Waals surface area contributed by atoms with Gasteiger partial charge in [0, 0.05) is 38.5 Å². The van der Waals surface area contributed by atoms with Crippen LogP contribution in [0.5, 0.6) is 0 Å². The number of benzene rings is 1. The Kier molecular flexibility index (Phi) is 6.27. The molecule has 0 bridgehead atoms. The molecule has 3 rings (SSSR count). The van der Waals surface area contributed by atoms with Gasteiger partial charge in [0.2, 0.25) is 5.96 Å². The van der Waals surface area contributed by atoms with E-state index in [1.807, 2.05) is 0 Å². The van der Waals surface area contributed by atoms with Crippen molar-refractivity contribution in [2.24, 2.45) is 10.9 Å². The summed E-state index contributed by atoms with van der Waals surface area (Å²) in [6, 6.07) is 7.93. The molecule has 2 heterocycles. The Morgan fingerprint density at radius 3 is 2.68 bits per heavy atom. The summed E-state index contributed by atoms with van der Waals surface area (Å²) in [7, 11) is 5.24. The molecule has 4 N–H and O–H groups in total. The number of nitrogens with one attached hydrogen (secondary N) is 1. The maximum atomic E-state index is 14.9. The predicted molar refractivity (Wildman–Crippen MR) is 116 cm³/mol. The number of guanidine groups is 1. The van der Waals surface area contributed by atoms with Crippen molar-refractivity contribution in [2.75, 3.05) is 44.1 Å². The minimum Gasteiger partial charge on any atom is -0.438 e. The van der Waals surface area contributed by atoms with Crippen molar-refractivity contribution < 1.29 is 19.0 Å². The Bertz CT molecular complexity index is 985. The van der Waals surface area contributed by atoms with E-state index in [0.717, 1.165) is 0 Å². The SMILES string of the molecule is CNN(C)/C(=N\N)N(C)c1ccc(-c2ccc(N3CC(C)(CO)OC3=O)cc2F)cn1. The van der Waals surface area contributed by atoms with Crippen molar-refractivity contribution in [3.05, 3.63) is 42.3 Å². The van der Waals surface area contributed by atoms with E-state index < -0.39 is 17.5 Å². The second-order valence-corrected chi connectivity index (χ2v) is 7.40. The van der Waals surface area contributed by atoms with E-state index in [-0.39, 0.29) is 13.2 Å². The third-order valence-corrected chi connectivity index (χ3v) is 5.10. The van der Waals surface area contributed by atoms with E-state index in [9.17, 15) is 14.3 Å². The fourth-order valence-electron chi connectivity index (χ4n) is 3.23. The number of amides is 1. The first-order valence-electron chi connectivity index (χ1n) is 9.53. The number of hydrogen-bond donors (Lipinski definition) is 3. The highest BCUT2D eigenvalue weighted by Gasteiger charge is 2.41. The van der Waals surface area contributed by atoms with Gasteiger partial charge in [-0.1, -0.05) is 0 Å². The van der Waals surface area contributed by atoms with Crippen LogP contribution in [-0.2, 0) is 4.74 Å². The number of rotatable bonds is 5. The summed E-state index contributed by atoms with van der Waals surface area (Å²) in [6.45, 7) is 1.44. The maximum absolute atomic E-state index is 14.9. The number of halogens is 1. The number of nitrogens with two attached hydrogens (primary N) is 1. The molecule has 1 aromatic heterocycles. The van der Waals surface area contributed by atoms with Gasteiger partial charge in [-0.2, -0.15) is 0 Å². The summed E-state index contributed by atoms with van der Waals surface area (Å²) >= 11 is 0. The fourth-order valence-corrected chi connectivity index (χ4v) is 3.23. The highest BCUT2D eigenvalue weighted by Crippen LogP contribution is 2.31. The van der Waals surface area contributed by atoms with Crippen LogP contribution in [0, 0.1) is 5.82 Å². The molecular formula is C20H26FN7O3. The zero-order chi connectivity index (χ0) is 22.8. The van der Waals surface area contributed by atoms with Gasteiger partial charge >= 0.3 is 6.09 Å². The van der Waals surface area contributed by atoms with Gasteiger partial charge in [0.25, 0.3) is 0 Å². The van der Waals surface area contributed by atoms with E-state index in [0.29, 0.717) is 28.6 Å². The van der Waals surface area contributed by atoms with Crippen LogP contribution in [0.4, 0.5) is 20.7 Å². The van der Waals surface area contributed by atoms with Crippen LogP contribution < -0.4 is 21.1 Å². The Morgan fingerprint density at radius 1 is 1.42 bits per heavy atom. The number of hydrazine groups is 1. The molecule has 10 nitrogen and oxygen atoms in total.